The fourth-order valence-electron chi connectivity index (χ4n) is 1.64. The minimum Gasteiger partial charge on any atom is -0.495 e. The van der Waals surface area contributed by atoms with Crippen LogP contribution >= 0.6 is 34.2 Å². The van der Waals surface area contributed by atoms with Gasteiger partial charge in [-0.05, 0) is 59.0 Å². The SMILES string of the molecule is COc1ccc(Cl)cc1NC(=O)c1ccc(F)cc1I. The molecule has 0 bridgehead atoms. The summed E-state index contributed by atoms with van der Waals surface area (Å²) >= 11 is 7.81. The van der Waals surface area contributed by atoms with Gasteiger partial charge in [-0.25, -0.2) is 4.39 Å². The molecule has 0 atom stereocenters. The summed E-state index contributed by atoms with van der Waals surface area (Å²) in [4.78, 5) is 12.2. The third-order valence-corrected chi connectivity index (χ3v) is 3.71. The predicted molar refractivity (Wildman–Crippen MR) is 85.1 cm³/mol. The Morgan fingerprint density at radius 1 is 1.30 bits per heavy atom. The Kier molecular flexibility index (Phi) is 4.82. The Morgan fingerprint density at radius 2 is 2.05 bits per heavy atom. The van der Waals surface area contributed by atoms with Crippen LogP contribution < -0.4 is 10.1 Å². The van der Waals surface area contributed by atoms with Crippen LogP contribution in [0.1, 0.15) is 10.4 Å². The maximum absolute atomic E-state index is 13.0. The van der Waals surface area contributed by atoms with Crippen LogP contribution in [0, 0.1) is 9.39 Å². The Bertz CT molecular complexity index is 664. The van der Waals surface area contributed by atoms with Crippen molar-refractivity contribution in [3.05, 3.63) is 56.4 Å². The third-order valence-electron chi connectivity index (χ3n) is 2.59. The van der Waals surface area contributed by atoms with Crippen molar-refractivity contribution in [3.8, 4) is 5.75 Å². The lowest BCUT2D eigenvalue weighted by molar-refractivity contribution is 0.102. The molecular weight excluding hydrogens is 396 g/mol. The molecule has 20 heavy (non-hydrogen) atoms. The molecular formula is C14H10ClFINO2. The molecule has 2 aromatic rings. The van der Waals surface area contributed by atoms with E-state index in [1.165, 1.54) is 25.3 Å². The molecule has 0 saturated heterocycles. The van der Waals surface area contributed by atoms with Gasteiger partial charge in [0.25, 0.3) is 5.91 Å². The Hall–Kier alpha value is -1.34. The van der Waals surface area contributed by atoms with E-state index < -0.39 is 0 Å². The molecule has 0 spiro atoms. The van der Waals surface area contributed by atoms with E-state index in [0.29, 0.717) is 25.6 Å². The van der Waals surface area contributed by atoms with Crippen molar-refractivity contribution in [1.82, 2.24) is 0 Å². The van der Waals surface area contributed by atoms with Crippen LogP contribution in [0.25, 0.3) is 0 Å². The summed E-state index contributed by atoms with van der Waals surface area (Å²) in [5.41, 5.74) is 0.846. The zero-order valence-electron chi connectivity index (χ0n) is 10.4. The highest BCUT2D eigenvalue weighted by Gasteiger charge is 2.13. The number of carbonyl (C=O) groups is 1. The quantitative estimate of drug-likeness (QED) is 0.771. The number of rotatable bonds is 3. The summed E-state index contributed by atoms with van der Waals surface area (Å²) < 4.78 is 18.7. The second-order valence-electron chi connectivity index (χ2n) is 3.92. The third kappa shape index (κ3) is 3.40. The van der Waals surface area contributed by atoms with Gasteiger partial charge in [0.05, 0.1) is 18.4 Å². The van der Waals surface area contributed by atoms with Crippen LogP contribution in [0.15, 0.2) is 36.4 Å². The second-order valence-corrected chi connectivity index (χ2v) is 5.52. The lowest BCUT2D eigenvalue weighted by atomic mass is 10.2. The fraction of sp³-hybridized carbons (Fsp3) is 0.0714. The van der Waals surface area contributed by atoms with E-state index in [9.17, 15) is 9.18 Å². The summed E-state index contributed by atoms with van der Waals surface area (Å²) in [6.45, 7) is 0. The van der Waals surface area contributed by atoms with E-state index in [0.717, 1.165) is 0 Å². The zero-order chi connectivity index (χ0) is 14.7. The molecule has 0 aliphatic carbocycles. The molecule has 2 rings (SSSR count). The van der Waals surface area contributed by atoms with Crippen molar-refractivity contribution in [2.24, 2.45) is 0 Å². The first-order valence-electron chi connectivity index (χ1n) is 5.61. The Morgan fingerprint density at radius 3 is 2.70 bits per heavy atom. The molecule has 0 unspecified atom stereocenters. The van der Waals surface area contributed by atoms with Crippen molar-refractivity contribution in [2.75, 3.05) is 12.4 Å². The normalized spacial score (nSPS) is 10.2. The van der Waals surface area contributed by atoms with E-state index in [1.54, 1.807) is 18.2 Å². The molecule has 0 aliphatic rings. The Balaban J connectivity index is 2.30. The minimum absolute atomic E-state index is 0.352. The average molecular weight is 406 g/mol. The van der Waals surface area contributed by atoms with Crippen molar-refractivity contribution in [3.63, 3.8) is 0 Å². The monoisotopic (exact) mass is 405 g/mol. The molecule has 0 heterocycles. The van der Waals surface area contributed by atoms with Gasteiger partial charge in [-0.1, -0.05) is 11.6 Å². The lowest BCUT2D eigenvalue weighted by Gasteiger charge is -2.11. The summed E-state index contributed by atoms with van der Waals surface area (Å²) in [6.07, 6.45) is 0. The number of carbonyl (C=O) groups excluding carboxylic acids is 1. The number of anilines is 1. The van der Waals surface area contributed by atoms with Gasteiger partial charge in [-0.15, -0.1) is 0 Å². The highest BCUT2D eigenvalue weighted by atomic mass is 127. The predicted octanol–water partition coefficient (Wildman–Crippen LogP) is 4.34. The van der Waals surface area contributed by atoms with Gasteiger partial charge in [-0.3, -0.25) is 4.79 Å². The van der Waals surface area contributed by atoms with Gasteiger partial charge in [0.2, 0.25) is 0 Å². The maximum Gasteiger partial charge on any atom is 0.256 e. The van der Waals surface area contributed by atoms with Crippen molar-refractivity contribution in [1.29, 1.82) is 0 Å². The standard InChI is InChI=1S/C14H10ClFINO2/c1-20-13-5-2-8(15)6-12(13)18-14(19)10-4-3-9(16)7-11(10)17/h2-7H,1H3,(H,18,19). The smallest absolute Gasteiger partial charge is 0.256 e. The van der Waals surface area contributed by atoms with Gasteiger partial charge in [0.15, 0.2) is 0 Å². The van der Waals surface area contributed by atoms with E-state index >= 15 is 0 Å². The van der Waals surface area contributed by atoms with Gasteiger partial charge in [-0.2, -0.15) is 0 Å². The van der Waals surface area contributed by atoms with Crippen molar-refractivity contribution >= 4 is 45.8 Å². The van der Waals surface area contributed by atoms with E-state index in [4.69, 9.17) is 16.3 Å². The maximum atomic E-state index is 13.0. The van der Waals surface area contributed by atoms with Crippen LogP contribution in [0.2, 0.25) is 5.02 Å². The molecule has 0 aromatic heterocycles. The number of hydrogen-bond acceptors (Lipinski definition) is 2. The first-order valence-corrected chi connectivity index (χ1v) is 7.07. The zero-order valence-corrected chi connectivity index (χ0v) is 13.3. The number of halogens is 3. The van der Waals surface area contributed by atoms with Crippen molar-refractivity contribution < 1.29 is 13.9 Å². The molecule has 1 N–H and O–H groups in total. The van der Waals surface area contributed by atoms with E-state index in [2.05, 4.69) is 5.32 Å². The Labute approximate surface area is 134 Å². The van der Waals surface area contributed by atoms with E-state index in [-0.39, 0.29) is 11.7 Å². The first kappa shape index (κ1) is 15.1. The number of ether oxygens (including phenoxy) is 1. The number of hydrogen-bond donors (Lipinski definition) is 1. The fourth-order valence-corrected chi connectivity index (χ4v) is 2.54. The summed E-state index contributed by atoms with van der Waals surface area (Å²) in [5, 5.41) is 3.18. The molecule has 0 aliphatic heterocycles. The molecule has 0 saturated carbocycles. The molecule has 6 heteroatoms. The van der Waals surface area contributed by atoms with Crippen LogP contribution in [0.4, 0.5) is 10.1 Å². The molecule has 3 nitrogen and oxygen atoms in total. The summed E-state index contributed by atoms with van der Waals surface area (Å²) in [5.74, 6) is -0.235. The van der Waals surface area contributed by atoms with Crippen LogP contribution in [0.3, 0.4) is 0 Å². The van der Waals surface area contributed by atoms with Crippen molar-refractivity contribution in [2.45, 2.75) is 0 Å². The number of methoxy groups -OCH3 is 1. The lowest BCUT2D eigenvalue weighted by Crippen LogP contribution is -2.14. The van der Waals surface area contributed by atoms with Crippen LogP contribution in [-0.2, 0) is 0 Å². The number of amides is 1. The van der Waals surface area contributed by atoms with Gasteiger partial charge < -0.3 is 10.1 Å². The average Bonchev–Trinajstić information content (AvgIpc) is 2.38. The molecule has 0 fully saturated rings. The number of benzene rings is 2. The van der Waals surface area contributed by atoms with Crippen LogP contribution in [-0.4, -0.2) is 13.0 Å². The topological polar surface area (TPSA) is 38.3 Å². The summed E-state index contributed by atoms with van der Waals surface area (Å²) in [6, 6.07) is 8.89. The minimum atomic E-state index is -0.383. The largest absolute Gasteiger partial charge is 0.495 e. The molecule has 0 radical (unpaired) electrons. The molecule has 1 amide bonds. The molecule has 104 valence electrons. The highest BCUT2D eigenvalue weighted by Crippen LogP contribution is 2.28. The van der Waals surface area contributed by atoms with E-state index in [1.807, 2.05) is 22.6 Å². The summed E-state index contributed by atoms with van der Waals surface area (Å²) in [7, 11) is 1.50. The van der Waals surface area contributed by atoms with Gasteiger partial charge >= 0.3 is 0 Å². The number of nitrogens with one attached hydrogen (secondary N) is 1. The van der Waals surface area contributed by atoms with Gasteiger partial charge in [0.1, 0.15) is 11.6 Å². The van der Waals surface area contributed by atoms with Gasteiger partial charge in [0, 0.05) is 8.59 Å². The first-order chi connectivity index (χ1) is 9.51. The highest BCUT2D eigenvalue weighted by molar-refractivity contribution is 14.1. The molecule has 2 aromatic carbocycles. The van der Waals surface area contributed by atoms with Crippen LogP contribution in [0.5, 0.6) is 5.75 Å². The second kappa shape index (κ2) is 6.41.